The molecule has 0 bridgehead atoms. The van der Waals surface area contributed by atoms with Crippen LogP contribution in [0.2, 0.25) is 0 Å². The van der Waals surface area contributed by atoms with Crippen LogP contribution in [0, 0.1) is 30.9 Å². The number of sulfonamides is 1. The van der Waals surface area contributed by atoms with Gasteiger partial charge in [0.2, 0.25) is 5.91 Å². The molecule has 0 aliphatic carbocycles. The Morgan fingerprint density at radius 3 is 2.28 bits per heavy atom. The van der Waals surface area contributed by atoms with E-state index in [2.05, 4.69) is 5.32 Å². The lowest BCUT2D eigenvalue weighted by Crippen LogP contribution is -2.38. The fourth-order valence-electron chi connectivity index (χ4n) is 3.15. The molecule has 0 aromatic heterocycles. The van der Waals surface area contributed by atoms with Gasteiger partial charge < -0.3 is 5.32 Å². The molecular formula is C23H23N3O5S. The molecule has 1 N–H and O–H groups in total. The van der Waals surface area contributed by atoms with E-state index in [4.69, 9.17) is 0 Å². The van der Waals surface area contributed by atoms with Crippen molar-refractivity contribution in [2.24, 2.45) is 0 Å². The maximum atomic E-state index is 13.5. The highest BCUT2D eigenvalue weighted by Crippen LogP contribution is 2.28. The Morgan fingerprint density at radius 1 is 0.969 bits per heavy atom. The fraction of sp³-hybridized carbons (Fsp3) is 0.174. The Kier molecular flexibility index (Phi) is 6.59. The van der Waals surface area contributed by atoms with Crippen LogP contribution >= 0.6 is 0 Å². The van der Waals surface area contributed by atoms with Gasteiger partial charge in [-0.3, -0.25) is 19.2 Å². The summed E-state index contributed by atoms with van der Waals surface area (Å²) in [5.41, 5.74) is 2.85. The summed E-state index contributed by atoms with van der Waals surface area (Å²) in [5, 5.41) is 13.5. The van der Waals surface area contributed by atoms with Crippen LogP contribution in [0.25, 0.3) is 0 Å². The number of anilines is 2. The van der Waals surface area contributed by atoms with Gasteiger partial charge in [-0.25, -0.2) is 8.42 Å². The minimum Gasteiger partial charge on any atom is -0.324 e. The van der Waals surface area contributed by atoms with Crippen molar-refractivity contribution in [3.8, 4) is 0 Å². The van der Waals surface area contributed by atoms with Crippen molar-refractivity contribution in [1.82, 2.24) is 0 Å². The van der Waals surface area contributed by atoms with E-state index in [9.17, 15) is 23.3 Å². The first-order valence-corrected chi connectivity index (χ1v) is 11.2. The Labute approximate surface area is 186 Å². The predicted molar refractivity (Wildman–Crippen MR) is 123 cm³/mol. The number of hydrogen-bond donors (Lipinski definition) is 1. The summed E-state index contributed by atoms with van der Waals surface area (Å²) in [6.07, 6.45) is 0. The molecule has 0 radical (unpaired) electrons. The maximum Gasteiger partial charge on any atom is 0.271 e. The third-order valence-electron chi connectivity index (χ3n) is 4.87. The topological polar surface area (TPSA) is 110 Å². The fourth-order valence-corrected chi connectivity index (χ4v) is 4.63. The first-order chi connectivity index (χ1) is 15.1. The molecule has 0 unspecified atom stereocenters. The highest BCUT2D eigenvalue weighted by molar-refractivity contribution is 7.92. The summed E-state index contributed by atoms with van der Waals surface area (Å²) in [6.45, 7) is 4.96. The SMILES string of the molecule is Cc1ccc(S(=O)(=O)N(CC(=O)Nc2cccc([N+](=O)[O-])c2)c2cc(C)ccc2C)cc1. The summed E-state index contributed by atoms with van der Waals surface area (Å²) in [6, 6.07) is 17.2. The van der Waals surface area contributed by atoms with E-state index in [0.29, 0.717) is 11.3 Å². The number of amides is 1. The number of carbonyl (C=O) groups is 1. The summed E-state index contributed by atoms with van der Waals surface area (Å²) < 4.78 is 28.1. The first kappa shape index (κ1) is 23.0. The van der Waals surface area contributed by atoms with E-state index < -0.39 is 27.4 Å². The normalized spacial score (nSPS) is 11.1. The van der Waals surface area contributed by atoms with Gasteiger partial charge in [-0.2, -0.15) is 0 Å². The van der Waals surface area contributed by atoms with Crippen molar-refractivity contribution >= 4 is 33.0 Å². The molecule has 0 atom stereocenters. The Morgan fingerprint density at radius 2 is 1.62 bits per heavy atom. The summed E-state index contributed by atoms with van der Waals surface area (Å²) >= 11 is 0. The van der Waals surface area contributed by atoms with Crippen LogP contribution in [0.15, 0.2) is 71.6 Å². The highest BCUT2D eigenvalue weighted by atomic mass is 32.2. The van der Waals surface area contributed by atoms with E-state index in [1.54, 1.807) is 31.2 Å². The van der Waals surface area contributed by atoms with Gasteiger partial charge in [-0.15, -0.1) is 0 Å². The Bertz CT molecular complexity index is 1270. The largest absolute Gasteiger partial charge is 0.324 e. The van der Waals surface area contributed by atoms with Crippen molar-refractivity contribution in [1.29, 1.82) is 0 Å². The van der Waals surface area contributed by atoms with E-state index in [1.165, 1.54) is 36.4 Å². The minimum absolute atomic E-state index is 0.0622. The lowest BCUT2D eigenvalue weighted by atomic mass is 10.1. The smallest absolute Gasteiger partial charge is 0.271 e. The molecule has 0 spiro atoms. The van der Waals surface area contributed by atoms with Gasteiger partial charge in [0, 0.05) is 17.8 Å². The van der Waals surface area contributed by atoms with Gasteiger partial charge in [-0.1, -0.05) is 35.9 Å². The average molecular weight is 454 g/mol. The monoisotopic (exact) mass is 453 g/mol. The number of hydrogen-bond acceptors (Lipinski definition) is 5. The first-order valence-electron chi connectivity index (χ1n) is 9.79. The molecule has 8 nitrogen and oxygen atoms in total. The second kappa shape index (κ2) is 9.19. The zero-order chi connectivity index (χ0) is 23.5. The van der Waals surface area contributed by atoms with E-state index in [0.717, 1.165) is 15.4 Å². The van der Waals surface area contributed by atoms with Crippen molar-refractivity contribution < 1.29 is 18.1 Å². The molecule has 0 fully saturated rings. The van der Waals surface area contributed by atoms with Crippen LogP contribution in [0.5, 0.6) is 0 Å². The predicted octanol–water partition coefficient (Wildman–Crippen LogP) is 4.35. The van der Waals surface area contributed by atoms with Gasteiger partial charge in [0.25, 0.3) is 15.7 Å². The lowest BCUT2D eigenvalue weighted by molar-refractivity contribution is -0.384. The molecule has 0 aliphatic rings. The molecule has 3 rings (SSSR count). The number of nitrogens with zero attached hydrogens (tertiary/aromatic N) is 2. The zero-order valence-corrected chi connectivity index (χ0v) is 18.7. The van der Waals surface area contributed by atoms with Crippen LogP contribution in [0.3, 0.4) is 0 Å². The van der Waals surface area contributed by atoms with Crippen LogP contribution in [0.4, 0.5) is 17.1 Å². The van der Waals surface area contributed by atoms with Gasteiger partial charge in [0.15, 0.2) is 0 Å². The molecule has 1 amide bonds. The third kappa shape index (κ3) is 5.12. The second-order valence-electron chi connectivity index (χ2n) is 7.47. The van der Waals surface area contributed by atoms with Gasteiger partial charge >= 0.3 is 0 Å². The van der Waals surface area contributed by atoms with Crippen LogP contribution in [-0.2, 0) is 14.8 Å². The molecule has 0 saturated heterocycles. The molecule has 32 heavy (non-hydrogen) atoms. The van der Waals surface area contributed by atoms with Crippen LogP contribution in [-0.4, -0.2) is 25.8 Å². The lowest BCUT2D eigenvalue weighted by Gasteiger charge is -2.26. The molecule has 0 aliphatic heterocycles. The highest BCUT2D eigenvalue weighted by Gasteiger charge is 2.28. The molecular weight excluding hydrogens is 430 g/mol. The average Bonchev–Trinajstić information content (AvgIpc) is 2.74. The molecule has 0 heterocycles. The van der Waals surface area contributed by atoms with E-state index in [1.807, 2.05) is 19.9 Å². The number of non-ortho nitro benzene ring substituents is 1. The van der Waals surface area contributed by atoms with Crippen molar-refractivity contribution in [2.75, 3.05) is 16.2 Å². The van der Waals surface area contributed by atoms with E-state index in [-0.39, 0.29) is 16.3 Å². The number of aryl methyl sites for hydroxylation is 3. The minimum atomic E-state index is -4.05. The van der Waals surface area contributed by atoms with Crippen molar-refractivity contribution in [2.45, 2.75) is 25.7 Å². The molecule has 166 valence electrons. The zero-order valence-electron chi connectivity index (χ0n) is 17.9. The van der Waals surface area contributed by atoms with E-state index >= 15 is 0 Å². The summed E-state index contributed by atoms with van der Waals surface area (Å²) in [7, 11) is -4.05. The molecule has 9 heteroatoms. The number of rotatable bonds is 7. The van der Waals surface area contributed by atoms with Gasteiger partial charge in [0.05, 0.1) is 15.5 Å². The molecule has 0 saturated carbocycles. The maximum absolute atomic E-state index is 13.5. The Balaban J connectivity index is 1.98. The third-order valence-corrected chi connectivity index (χ3v) is 6.64. The van der Waals surface area contributed by atoms with Crippen molar-refractivity contribution in [3.05, 3.63) is 93.5 Å². The van der Waals surface area contributed by atoms with Gasteiger partial charge in [-0.05, 0) is 56.2 Å². The standard InChI is InChI=1S/C23H23N3O5S/c1-16-8-11-21(12-9-16)32(30,31)25(22-13-17(2)7-10-18(22)3)15-23(27)24-19-5-4-6-20(14-19)26(28)29/h4-14H,15H2,1-3H3,(H,24,27). The van der Waals surface area contributed by atoms with Gasteiger partial charge in [0.1, 0.15) is 6.54 Å². The summed E-state index contributed by atoms with van der Waals surface area (Å²) in [5.74, 6) is -0.623. The quantitative estimate of drug-likeness (QED) is 0.422. The molecule has 3 aromatic carbocycles. The number of benzene rings is 3. The van der Waals surface area contributed by atoms with Crippen LogP contribution < -0.4 is 9.62 Å². The number of nitro benzene ring substituents is 1. The Hall–Kier alpha value is -3.72. The number of nitro groups is 1. The second-order valence-corrected chi connectivity index (χ2v) is 9.33. The molecule has 3 aromatic rings. The number of carbonyl (C=O) groups excluding carboxylic acids is 1. The van der Waals surface area contributed by atoms with Crippen LogP contribution in [0.1, 0.15) is 16.7 Å². The summed E-state index contributed by atoms with van der Waals surface area (Å²) in [4.78, 5) is 23.3. The number of nitrogens with one attached hydrogen (secondary N) is 1. The van der Waals surface area contributed by atoms with Crippen molar-refractivity contribution in [3.63, 3.8) is 0 Å².